The van der Waals surface area contributed by atoms with Gasteiger partial charge in [0.25, 0.3) is 11.1 Å². The molecule has 0 bridgehead atoms. The van der Waals surface area contributed by atoms with Crippen LogP contribution in [0.5, 0.6) is 0 Å². The Morgan fingerprint density at radius 2 is 2.00 bits per heavy atom. The lowest BCUT2D eigenvalue weighted by atomic mass is 10.1. The van der Waals surface area contributed by atoms with Gasteiger partial charge in [-0.2, -0.15) is 0 Å². The van der Waals surface area contributed by atoms with Crippen LogP contribution in [0.2, 0.25) is 0 Å². The van der Waals surface area contributed by atoms with E-state index in [9.17, 15) is 9.59 Å². The largest absolute Gasteiger partial charge is 0.294 e. The Labute approximate surface area is 110 Å². The van der Waals surface area contributed by atoms with Crippen LogP contribution in [0.3, 0.4) is 0 Å². The van der Waals surface area contributed by atoms with Gasteiger partial charge in [-0.15, -0.1) is 6.42 Å². The summed E-state index contributed by atoms with van der Waals surface area (Å²) in [6.07, 6.45) is 6.83. The molecule has 0 atom stereocenters. The van der Waals surface area contributed by atoms with Crippen molar-refractivity contribution in [1.82, 2.24) is 4.90 Å². The number of hydrogen-bond acceptors (Lipinski definition) is 3. The highest BCUT2D eigenvalue weighted by atomic mass is 32.2. The molecule has 1 heterocycles. The lowest BCUT2D eigenvalue weighted by Crippen LogP contribution is -2.28. The SMILES string of the molecule is C#CCN1C(=O)S/C(=C\c2ccc(C)cc2)C1=O. The third kappa shape index (κ3) is 2.47. The monoisotopic (exact) mass is 257 g/mol. The van der Waals surface area contributed by atoms with E-state index in [1.54, 1.807) is 6.08 Å². The van der Waals surface area contributed by atoms with E-state index in [1.165, 1.54) is 0 Å². The van der Waals surface area contributed by atoms with Crippen molar-refractivity contribution in [1.29, 1.82) is 0 Å². The first-order valence-corrected chi connectivity index (χ1v) is 6.19. The predicted octanol–water partition coefficient (Wildman–Crippen LogP) is 2.66. The maximum absolute atomic E-state index is 11.9. The first-order valence-electron chi connectivity index (χ1n) is 5.37. The van der Waals surface area contributed by atoms with Gasteiger partial charge in [-0.25, -0.2) is 0 Å². The first kappa shape index (κ1) is 12.5. The number of benzene rings is 1. The average Bonchev–Trinajstić information content (AvgIpc) is 2.60. The number of amides is 2. The van der Waals surface area contributed by atoms with Crippen molar-refractivity contribution < 1.29 is 9.59 Å². The molecule has 90 valence electrons. The second-order valence-electron chi connectivity index (χ2n) is 3.88. The van der Waals surface area contributed by atoms with Crippen LogP contribution in [-0.4, -0.2) is 22.6 Å². The highest BCUT2D eigenvalue weighted by molar-refractivity contribution is 8.18. The molecule has 0 spiro atoms. The van der Waals surface area contributed by atoms with Gasteiger partial charge in [-0.3, -0.25) is 14.5 Å². The smallest absolute Gasteiger partial charge is 0.268 e. The molecule has 2 rings (SSSR count). The van der Waals surface area contributed by atoms with Crippen molar-refractivity contribution in [3.8, 4) is 12.3 Å². The third-order valence-corrected chi connectivity index (χ3v) is 3.41. The molecule has 1 fully saturated rings. The summed E-state index contributed by atoms with van der Waals surface area (Å²) in [5.41, 5.74) is 2.04. The minimum atomic E-state index is -0.316. The van der Waals surface area contributed by atoms with Gasteiger partial charge in [0.05, 0.1) is 11.4 Å². The number of hydrogen-bond donors (Lipinski definition) is 0. The summed E-state index contributed by atoms with van der Waals surface area (Å²) in [5.74, 6) is 1.99. The van der Waals surface area contributed by atoms with E-state index in [4.69, 9.17) is 6.42 Å². The molecule has 1 aliphatic rings. The molecule has 2 amide bonds. The lowest BCUT2D eigenvalue weighted by molar-refractivity contribution is -0.122. The number of thioether (sulfide) groups is 1. The van der Waals surface area contributed by atoms with Gasteiger partial charge in [-0.05, 0) is 30.3 Å². The van der Waals surface area contributed by atoms with E-state index >= 15 is 0 Å². The fourth-order valence-corrected chi connectivity index (χ4v) is 2.38. The molecule has 1 saturated heterocycles. The van der Waals surface area contributed by atoms with Gasteiger partial charge in [0.2, 0.25) is 0 Å². The molecule has 3 nitrogen and oxygen atoms in total. The maximum atomic E-state index is 11.9. The van der Waals surface area contributed by atoms with Crippen molar-refractivity contribution in [3.05, 3.63) is 40.3 Å². The van der Waals surface area contributed by atoms with Crippen LogP contribution in [0.4, 0.5) is 4.79 Å². The summed E-state index contributed by atoms with van der Waals surface area (Å²) in [7, 11) is 0. The van der Waals surface area contributed by atoms with Gasteiger partial charge in [0.1, 0.15) is 0 Å². The van der Waals surface area contributed by atoms with E-state index in [0.717, 1.165) is 27.8 Å². The fourth-order valence-electron chi connectivity index (χ4n) is 1.54. The lowest BCUT2D eigenvalue weighted by Gasteiger charge is -2.06. The standard InChI is InChI=1S/C14H11NO2S/c1-3-8-15-13(16)12(18-14(15)17)9-11-6-4-10(2)5-7-11/h1,4-7,9H,8H2,2H3/b12-9-. The van der Waals surface area contributed by atoms with Gasteiger partial charge in [-0.1, -0.05) is 35.7 Å². The zero-order chi connectivity index (χ0) is 13.1. The molecule has 18 heavy (non-hydrogen) atoms. The summed E-state index contributed by atoms with van der Waals surface area (Å²) in [4.78, 5) is 24.9. The maximum Gasteiger partial charge on any atom is 0.294 e. The summed E-state index contributed by atoms with van der Waals surface area (Å²) in [6.45, 7) is 2.01. The van der Waals surface area contributed by atoms with Crippen LogP contribution in [0.15, 0.2) is 29.2 Å². The molecule has 0 unspecified atom stereocenters. The number of nitrogens with zero attached hydrogens (tertiary/aromatic N) is 1. The highest BCUT2D eigenvalue weighted by Gasteiger charge is 2.34. The van der Waals surface area contributed by atoms with E-state index < -0.39 is 0 Å². The Balaban J connectivity index is 2.25. The van der Waals surface area contributed by atoms with Crippen molar-refractivity contribution in [2.24, 2.45) is 0 Å². The molecule has 1 aliphatic heterocycles. The number of carbonyl (C=O) groups is 2. The second kappa shape index (κ2) is 5.11. The van der Waals surface area contributed by atoms with E-state index in [0.29, 0.717) is 4.91 Å². The number of aryl methyl sites for hydroxylation is 1. The Hall–Kier alpha value is -1.99. The molecule has 0 N–H and O–H groups in total. The Kier molecular flexibility index (Phi) is 3.54. The minimum Gasteiger partial charge on any atom is -0.268 e. The zero-order valence-corrected chi connectivity index (χ0v) is 10.7. The summed E-state index contributed by atoms with van der Waals surface area (Å²) in [5, 5.41) is -0.309. The highest BCUT2D eigenvalue weighted by Crippen LogP contribution is 2.31. The molecule has 0 aliphatic carbocycles. The number of carbonyl (C=O) groups excluding carboxylic acids is 2. The quantitative estimate of drug-likeness (QED) is 0.604. The molecule has 4 heteroatoms. The molecular weight excluding hydrogens is 246 g/mol. The minimum absolute atomic E-state index is 0.0237. The van der Waals surface area contributed by atoms with Crippen LogP contribution >= 0.6 is 11.8 Å². The average molecular weight is 257 g/mol. The number of imide groups is 1. The summed E-state index contributed by atoms with van der Waals surface area (Å²) >= 11 is 0.924. The Bertz CT molecular complexity index is 566. The number of terminal acetylenes is 1. The van der Waals surface area contributed by atoms with Crippen molar-refractivity contribution in [2.45, 2.75) is 6.92 Å². The van der Waals surface area contributed by atoms with E-state index in [2.05, 4.69) is 5.92 Å². The third-order valence-electron chi connectivity index (χ3n) is 2.50. The normalized spacial score (nSPS) is 17.3. The predicted molar refractivity (Wildman–Crippen MR) is 72.7 cm³/mol. The van der Waals surface area contributed by atoms with Crippen molar-refractivity contribution in [2.75, 3.05) is 6.54 Å². The van der Waals surface area contributed by atoms with Crippen LogP contribution in [0, 0.1) is 19.3 Å². The van der Waals surface area contributed by atoms with Crippen LogP contribution in [0.25, 0.3) is 6.08 Å². The van der Waals surface area contributed by atoms with Gasteiger partial charge in [0, 0.05) is 0 Å². The summed E-state index contributed by atoms with van der Waals surface area (Å²) < 4.78 is 0. The zero-order valence-electron chi connectivity index (χ0n) is 9.84. The van der Waals surface area contributed by atoms with Gasteiger partial charge >= 0.3 is 0 Å². The number of rotatable bonds is 2. The van der Waals surface area contributed by atoms with Crippen LogP contribution < -0.4 is 0 Å². The molecule has 0 saturated carbocycles. The molecule has 0 radical (unpaired) electrons. The molecule has 1 aromatic rings. The first-order chi connectivity index (χ1) is 8.61. The molecule has 1 aromatic carbocycles. The van der Waals surface area contributed by atoms with Crippen molar-refractivity contribution in [3.63, 3.8) is 0 Å². The van der Waals surface area contributed by atoms with E-state index in [-0.39, 0.29) is 17.7 Å². The fraction of sp³-hybridized carbons (Fsp3) is 0.143. The van der Waals surface area contributed by atoms with Crippen LogP contribution in [0.1, 0.15) is 11.1 Å². The second-order valence-corrected chi connectivity index (χ2v) is 4.88. The topological polar surface area (TPSA) is 37.4 Å². The van der Waals surface area contributed by atoms with Crippen LogP contribution in [-0.2, 0) is 4.79 Å². The Morgan fingerprint density at radius 3 is 2.61 bits per heavy atom. The molecular formula is C14H11NO2S. The van der Waals surface area contributed by atoms with Gasteiger partial charge < -0.3 is 0 Å². The summed E-state index contributed by atoms with van der Waals surface area (Å²) in [6, 6.07) is 7.73. The molecule has 0 aromatic heterocycles. The van der Waals surface area contributed by atoms with Crippen molar-refractivity contribution >= 4 is 29.0 Å². The van der Waals surface area contributed by atoms with Gasteiger partial charge in [0.15, 0.2) is 0 Å². The Morgan fingerprint density at radius 1 is 1.33 bits per heavy atom. The van der Waals surface area contributed by atoms with E-state index in [1.807, 2.05) is 31.2 Å².